The van der Waals surface area contributed by atoms with Crippen molar-refractivity contribution in [3.63, 3.8) is 0 Å². The van der Waals surface area contributed by atoms with Gasteiger partial charge >= 0.3 is 11.9 Å². The summed E-state index contributed by atoms with van der Waals surface area (Å²) in [5, 5.41) is 0. The number of hydrogen-bond acceptors (Lipinski definition) is 6. The van der Waals surface area contributed by atoms with Crippen molar-refractivity contribution in [3.8, 4) is 11.5 Å². The molecule has 90 valence electrons. The van der Waals surface area contributed by atoms with Crippen molar-refractivity contribution < 1.29 is 28.5 Å². The van der Waals surface area contributed by atoms with E-state index >= 15 is 0 Å². The van der Waals surface area contributed by atoms with Gasteiger partial charge in [0.15, 0.2) is 11.5 Å². The quantitative estimate of drug-likeness (QED) is 0.715. The predicted octanol–water partition coefficient (Wildman–Crippen LogP) is 0.988. The Bertz CT molecular complexity index is 436. The summed E-state index contributed by atoms with van der Waals surface area (Å²) in [6.45, 7) is -0.0483. The van der Waals surface area contributed by atoms with E-state index in [1.54, 1.807) is 0 Å². The fourth-order valence-corrected chi connectivity index (χ4v) is 1.54. The molecule has 1 aromatic rings. The van der Waals surface area contributed by atoms with Crippen LogP contribution in [0.3, 0.4) is 0 Å². The number of carbonyl (C=O) groups excluding carboxylic acids is 2. The largest absolute Gasteiger partial charge is 0.465 e. The Morgan fingerprint density at radius 3 is 1.76 bits per heavy atom. The van der Waals surface area contributed by atoms with Crippen LogP contribution in [0.1, 0.15) is 20.7 Å². The van der Waals surface area contributed by atoms with Crippen LogP contribution < -0.4 is 9.47 Å². The molecular formula is C11H10O6. The number of esters is 2. The molecule has 0 N–H and O–H groups in total. The van der Waals surface area contributed by atoms with Gasteiger partial charge < -0.3 is 18.9 Å². The standard InChI is InChI=1S/C11H10O6/c1-14-10(12)6-3-4-7(11(13)15-2)9-8(6)16-5-17-9/h3-4H,5H2,1-2H3. The first-order valence-corrected chi connectivity index (χ1v) is 4.78. The first-order valence-electron chi connectivity index (χ1n) is 4.78. The van der Waals surface area contributed by atoms with Crippen LogP contribution >= 0.6 is 0 Å². The molecule has 0 fully saturated rings. The van der Waals surface area contributed by atoms with Gasteiger partial charge in [-0.1, -0.05) is 0 Å². The molecule has 0 aliphatic carbocycles. The van der Waals surface area contributed by atoms with E-state index in [2.05, 4.69) is 9.47 Å². The Morgan fingerprint density at radius 2 is 1.41 bits per heavy atom. The summed E-state index contributed by atoms with van der Waals surface area (Å²) < 4.78 is 19.5. The van der Waals surface area contributed by atoms with Crippen molar-refractivity contribution in [3.05, 3.63) is 23.3 Å². The highest BCUT2D eigenvalue weighted by Gasteiger charge is 2.28. The molecular weight excluding hydrogens is 228 g/mol. The highest BCUT2D eigenvalue weighted by atomic mass is 16.7. The van der Waals surface area contributed by atoms with Crippen molar-refractivity contribution in [2.45, 2.75) is 0 Å². The smallest absolute Gasteiger partial charge is 0.341 e. The molecule has 0 saturated carbocycles. The third-order valence-electron chi connectivity index (χ3n) is 2.33. The van der Waals surface area contributed by atoms with E-state index in [1.165, 1.54) is 26.4 Å². The molecule has 17 heavy (non-hydrogen) atoms. The van der Waals surface area contributed by atoms with Crippen LogP contribution in [0.2, 0.25) is 0 Å². The first-order chi connectivity index (χ1) is 8.19. The number of ether oxygens (including phenoxy) is 4. The number of hydrogen-bond donors (Lipinski definition) is 0. The zero-order valence-corrected chi connectivity index (χ0v) is 9.31. The fraction of sp³-hybridized carbons (Fsp3) is 0.273. The lowest BCUT2D eigenvalue weighted by Gasteiger charge is -2.07. The molecule has 6 heteroatoms. The third-order valence-corrected chi connectivity index (χ3v) is 2.33. The molecule has 2 rings (SSSR count). The molecule has 6 nitrogen and oxygen atoms in total. The molecule has 0 aromatic heterocycles. The minimum Gasteiger partial charge on any atom is -0.465 e. The van der Waals surface area contributed by atoms with E-state index < -0.39 is 11.9 Å². The van der Waals surface area contributed by atoms with E-state index in [-0.39, 0.29) is 29.4 Å². The second-order valence-electron chi connectivity index (χ2n) is 3.21. The lowest BCUT2D eigenvalue weighted by molar-refractivity contribution is 0.0584. The first kappa shape index (κ1) is 11.3. The van der Waals surface area contributed by atoms with Gasteiger partial charge in [-0.15, -0.1) is 0 Å². The van der Waals surface area contributed by atoms with Crippen LogP contribution in [0.5, 0.6) is 11.5 Å². The number of rotatable bonds is 2. The van der Waals surface area contributed by atoms with Gasteiger partial charge in [0.2, 0.25) is 6.79 Å². The van der Waals surface area contributed by atoms with E-state index in [9.17, 15) is 9.59 Å². The highest BCUT2D eigenvalue weighted by Crippen LogP contribution is 2.39. The third kappa shape index (κ3) is 1.77. The maximum atomic E-state index is 11.4. The molecule has 0 saturated heterocycles. The normalized spacial score (nSPS) is 12.1. The molecule has 1 heterocycles. The maximum absolute atomic E-state index is 11.4. The molecule has 0 unspecified atom stereocenters. The van der Waals surface area contributed by atoms with Crippen LogP contribution in [0.15, 0.2) is 12.1 Å². The Hall–Kier alpha value is -2.24. The predicted molar refractivity (Wildman–Crippen MR) is 55.2 cm³/mol. The summed E-state index contributed by atoms with van der Waals surface area (Å²) in [4.78, 5) is 22.9. The molecule has 0 atom stereocenters. The van der Waals surface area contributed by atoms with Gasteiger partial charge in [0.1, 0.15) is 11.1 Å². The van der Waals surface area contributed by atoms with E-state index in [0.29, 0.717) is 0 Å². The van der Waals surface area contributed by atoms with Crippen LogP contribution in [0.4, 0.5) is 0 Å². The van der Waals surface area contributed by atoms with Crippen molar-refractivity contribution >= 4 is 11.9 Å². The average molecular weight is 238 g/mol. The summed E-state index contributed by atoms with van der Waals surface area (Å²) in [5.74, 6) is -0.689. The number of fused-ring (bicyclic) bond motifs is 1. The lowest BCUT2D eigenvalue weighted by Crippen LogP contribution is -2.06. The summed E-state index contributed by atoms with van der Waals surface area (Å²) in [5.41, 5.74) is 0.431. The van der Waals surface area contributed by atoms with E-state index in [4.69, 9.17) is 9.47 Å². The molecule has 0 radical (unpaired) electrons. The minimum atomic E-state index is -0.553. The van der Waals surface area contributed by atoms with E-state index in [0.717, 1.165) is 0 Å². The minimum absolute atomic E-state index is 0.0483. The van der Waals surface area contributed by atoms with Gasteiger partial charge in [-0.25, -0.2) is 9.59 Å². The Kier molecular flexibility index (Phi) is 2.86. The highest BCUT2D eigenvalue weighted by molar-refractivity contribution is 5.99. The fourth-order valence-electron chi connectivity index (χ4n) is 1.54. The molecule has 0 bridgehead atoms. The topological polar surface area (TPSA) is 71.1 Å². The van der Waals surface area contributed by atoms with Crippen LogP contribution in [0.25, 0.3) is 0 Å². The van der Waals surface area contributed by atoms with Gasteiger partial charge in [-0.05, 0) is 12.1 Å². The van der Waals surface area contributed by atoms with Gasteiger partial charge in [0.25, 0.3) is 0 Å². The molecule has 0 spiro atoms. The van der Waals surface area contributed by atoms with Crippen molar-refractivity contribution in [1.82, 2.24) is 0 Å². The Labute approximate surface area is 97.0 Å². The van der Waals surface area contributed by atoms with E-state index in [1.807, 2.05) is 0 Å². The molecule has 0 amide bonds. The van der Waals surface area contributed by atoms with Crippen LogP contribution in [0, 0.1) is 0 Å². The Morgan fingerprint density at radius 1 is 1.00 bits per heavy atom. The summed E-state index contributed by atoms with van der Waals surface area (Å²) >= 11 is 0. The van der Waals surface area contributed by atoms with Crippen LogP contribution in [-0.2, 0) is 9.47 Å². The number of benzene rings is 1. The summed E-state index contributed by atoms with van der Waals surface area (Å²) in [6.07, 6.45) is 0. The lowest BCUT2D eigenvalue weighted by atomic mass is 10.1. The second-order valence-corrected chi connectivity index (χ2v) is 3.21. The Balaban J connectivity index is 2.53. The molecule has 1 aliphatic heterocycles. The van der Waals surface area contributed by atoms with Gasteiger partial charge in [-0.2, -0.15) is 0 Å². The number of carbonyl (C=O) groups is 2. The maximum Gasteiger partial charge on any atom is 0.341 e. The second kappa shape index (κ2) is 4.32. The van der Waals surface area contributed by atoms with Crippen molar-refractivity contribution in [2.75, 3.05) is 21.0 Å². The van der Waals surface area contributed by atoms with Crippen LogP contribution in [-0.4, -0.2) is 33.0 Å². The molecule has 1 aliphatic rings. The van der Waals surface area contributed by atoms with Gasteiger partial charge in [0.05, 0.1) is 14.2 Å². The zero-order chi connectivity index (χ0) is 12.4. The summed E-state index contributed by atoms with van der Waals surface area (Å²) in [6, 6.07) is 2.87. The van der Waals surface area contributed by atoms with Crippen molar-refractivity contribution in [2.24, 2.45) is 0 Å². The molecule has 1 aromatic carbocycles. The SMILES string of the molecule is COC(=O)c1ccc(C(=O)OC)c2c1OCO2. The average Bonchev–Trinajstić information content (AvgIpc) is 2.84. The number of methoxy groups -OCH3 is 2. The van der Waals surface area contributed by atoms with Crippen molar-refractivity contribution in [1.29, 1.82) is 0 Å². The monoisotopic (exact) mass is 238 g/mol. The van der Waals surface area contributed by atoms with Gasteiger partial charge in [0, 0.05) is 0 Å². The zero-order valence-electron chi connectivity index (χ0n) is 9.31. The summed E-state index contributed by atoms with van der Waals surface area (Å²) in [7, 11) is 2.53. The van der Waals surface area contributed by atoms with Gasteiger partial charge in [-0.3, -0.25) is 0 Å².